The summed E-state index contributed by atoms with van der Waals surface area (Å²) in [5.41, 5.74) is 7.38. The summed E-state index contributed by atoms with van der Waals surface area (Å²) in [7, 11) is 0. The van der Waals surface area contributed by atoms with E-state index in [9.17, 15) is 0 Å². The number of halogens is 4. The molecule has 0 aliphatic carbocycles. The molecule has 3 rings (SSSR count). The van der Waals surface area contributed by atoms with Crippen LogP contribution in [0.4, 0.5) is 11.4 Å². The first-order valence-corrected chi connectivity index (χ1v) is 11.4. The van der Waals surface area contributed by atoms with Crippen molar-refractivity contribution >= 4 is 71.8 Å². The van der Waals surface area contributed by atoms with Crippen molar-refractivity contribution in [3.8, 4) is 0 Å². The van der Waals surface area contributed by atoms with Gasteiger partial charge in [0, 0.05) is 25.0 Å². The summed E-state index contributed by atoms with van der Waals surface area (Å²) >= 11 is 15.9. The Hall–Kier alpha value is -1.39. The zero-order valence-corrected chi connectivity index (χ0v) is 23.2. The maximum atomic E-state index is 6.19. The molecule has 3 aromatic rings. The van der Waals surface area contributed by atoms with Gasteiger partial charge in [0.2, 0.25) is 0 Å². The fourth-order valence-corrected chi connectivity index (χ4v) is 3.87. The molecule has 0 aliphatic rings. The van der Waals surface area contributed by atoms with E-state index in [0.717, 1.165) is 45.6 Å². The Balaban J connectivity index is 0.000000613. The summed E-state index contributed by atoms with van der Waals surface area (Å²) in [6, 6.07) is 12.0. The minimum atomic E-state index is 0. The van der Waals surface area contributed by atoms with Gasteiger partial charge in [0.25, 0.3) is 0 Å². The van der Waals surface area contributed by atoms with Gasteiger partial charge in [-0.3, -0.25) is 9.98 Å². The predicted molar refractivity (Wildman–Crippen MR) is 145 cm³/mol. The van der Waals surface area contributed by atoms with E-state index in [1.165, 1.54) is 0 Å². The largest absolute Gasteiger partial charge is 0.147 e. The predicted octanol–water partition coefficient (Wildman–Crippen LogP) is 8.76. The molecule has 0 fully saturated rings. The van der Waals surface area contributed by atoms with Gasteiger partial charge in [0.1, 0.15) is 0 Å². The fraction of sp³-hybridized carbons (Fsp3) is 0.240. The van der Waals surface area contributed by atoms with Crippen molar-refractivity contribution in [2.75, 3.05) is 0 Å². The summed E-state index contributed by atoms with van der Waals surface area (Å²) in [6.45, 7) is 8.08. The van der Waals surface area contributed by atoms with E-state index in [2.05, 4.69) is 43.1 Å². The SMILES string of the molecule is Cc1cc(C)c(N=CCc2cccnc2)c(Cl)c1.Cc1cc(C)c(N=C[CH2][Fe])c(Cl)c1.Cl.Cl. The van der Waals surface area contributed by atoms with Crippen molar-refractivity contribution in [3.63, 3.8) is 0 Å². The Morgan fingerprint density at radius 3 is 1.79 bits per heavy atom. The van der Waals surface area contributed by atoms with Gasteiger partial charge in [-0.15, -0.1) is 24.8 Å². The molecule has 33 heavy (non-hydrogen) atoms. The third-order valence-electron chi connectivity index (χ3n) is 4.35. The number of aliphatic imine (C=N–C) groups is 2. The smallest absolute Gasteiger partial charge is 0.147 e. The monoisotopic (exact) mass is 566 g/mol. The molecule has 1 heterocycles. The molecule has 179 valence electrons. The molecule has 0 saturated heterocycles. The summed E-state index contributed by atoms with van der Waals surface area (Å²) in [5, 5.41) is 2.10. The van der Waals surface area contributed by atoms with Crippen molar-refractivity contribution < 1.29 is 16.0 Å². The van der Waals surface area contributed by atoms with Gasteiger partial charge < -0.3 is 0 Å². The zero-order valence-electron chi connectivity index (χ0n) is 19.0. The van der Waals surface area contributed by atoms with Gasteiger partial charge in [-0.2, -0.15) is 0 Å². The molecule has 2 aromatic carbocycles. The number of benzene rings is 2. The number of aromatic nitrogens is 1. The van der Waals surface area contributed by atoms with Crippen LogP contribution in [0.3, 0.4) is 0 Å². The van der Waals surface area contributed by atoms with Crippen LogP contribution in [0.15, 0.2) is 58.8 Å². The van der Waals surface area contributed by atoms with Crippen LogP contribution in [-0.2, 0) is 22.4 Å². The molecule has 0 aliphatic heterocycles. The third-order valence-corrected chi connectivity index (χ3v) is 5.13. The minimum absolute atomic E-state index is 0. The van der Waals surface area contributed by atoms with Crippen molar-refractivity contribution in [3.05, 3.63) is 86.7 Å². The zero-order chi connectivity index (χ0) is 22.8. The number of hydrogen-bond acceptors (Lipinski definition) is 3. The van der Waals surface area contributed by atoms with Gasteiger partial charge in [0.15, 0.2) is 0 Å². The van der Waals surface area contributed by atoms with E-state index in [1.807, 2.05) is 64.4 Å². The van der Waals surface area contributed by atoms with Crippen molar-refractivity contribution in [1.29, 1.82) is 0 Å². The average Bonchev–Trinajstić information content (AvgIpc) is 2.70. The molecular weight excluding hydrogens is 540 g/mol. The second-order valence-corrected chi connectivity index (χ2v) is 8.42. The quantitative estimate of drug-likeness (QED) is 0.224. The third kappa shape index (κ3) is 10.6. The summed E-state index contributed by atoms with van der Waals surface area (Å²) in [5.74, 6) is 0. The van der Waals surface area contributed by atoms with Crippen LogP contribution in [0.5, 0.6) is 0 Å². The molecule has 1 aromatic heterocycles. The number of nitrogens with zero attached hydrogens (tertiary/aromatic N) is 3. The fourth-order valence-electron chi connectivity index (χ4n) is 3.03. The average molecular weight is 568 g/mol. The van der Waals surface area contributed by atoms with Crippen LogP contribution in [0.25, 0.3) is 0 Å². The van der Waals surface area contributed by atoms with Gasteiger partial charge in [-0.25, -0.2) is 0 Å². The first kappa shape index (κ1) is 31.6. The minimum Gasteiger partial charge on any atom is -0.147 e. The van der Waals surface area contributed by atoms with Crippen molar-refractivity contribution in [1.82, 2.24) is 4.98 Å². The summed E-state index contributed by atoms with van der Waals surface area (Å²) in [4.78, 5) is 12.8. The molecule has 8 heteroatoms. The Morgan fingerprint density at radius 1 is 0.848 bits per heavy atom. The van der Waals surface area contributed by atoms with Crippen LogP contribution in [-0.4, -0.2) is 17.4 Å². The molecular formula is C25H28Cl4FeN3. The Labute approximate surface area is 227 Å². The summed E-state index contributed by atoms with van der Waals surface area (Å²) < 4.78 is 0. The topological polar surface area (TPSA) is 37.6 Å². The number of hydrogen-bond donors (Lipinski definition) is 0. The standard InChI is InChI=1S/C15H15ClN2.C10H11ClN.2ClH.Fe/c1-11-8-12(2)15(14(16)9-11)18-7-5-13-4-3-6-17-10-13;1-4-12-10-8(3)5-7(2)6-9(10)11;;;/h3-4,6-10H,5H2,1-2H3;4-6H,1H2,2-3H3;2*1H;. The molecule has 0 radical (unpaired) electrons. The molecule has 0 bridgehead atoms. The maximum Gasteiger partial charge on any atom is -0.147 e. The Bertz CT molecular complexity index is 1020. The van der Waals surface area contributed by atoms with Crippen LogP contribution in [0.2, 0.25) is 15.4 Å². The molecule has 0 spiro atoms. The van der Waals surface area contributed by atoms with Crippen molar-refractivity contribution in [2.45, 2.75) is 39.4 Å². The van der Waals surface area contributed by atoms with Crippen LogP contribution >= 0.6 is 48.0 Å². The van der Waals surface area contributed by atoms with Gasteiger partial charge in [-0.05, 0) is 42.7 Å². The van der Waals surface area contributed by atoms with Gasteiger partial charge >= 0.3 is 92.0 Å². The molecule has 0 atom stereocenters. The molecule has 0 N–H and O–H groups in total. The van der Waals surface area contributed by atoms with Gasteiger partial charge in [0.05, 0.1) is 10.7 Å². The molecule has 0 unspecified atom stereocenters. The van der Waals surface area contributed by atoms with E-state index in [0.29, 0.717) is 15.4 Å². The molecule has 0 saturated carbocycles. The van der Waals surface area contributed by atoms with E-state index < -0.39 is 0 Å². The van der Waals surface area contributed by atoms with E-state index in [4.69, 9.17) is 23.2 Å². The second kappa shape index (κ2) is 16.3. The Kier molecular flexibility index (Phi) is 15.6. The van der Waals surface area contributed by atoms with E-state index >= 15 is 0 Å². The molecule has 0 amide bonds. The number of pyridine rings is 1. The van der Waals surface area contributed by atoms with Crippen molar-refractivity contribution in [2.24, 2.45) is 9.98 Å². The maximum absolute atomic E-state index is 6.19. The van der Waals surface area contributed by atoms with E-state index in [1.54, 1.807) is 12.4 Å². The first-order valence-electron chi connectivity index (χ1n) is 9.83. The number of aryl methyl sites for hydroxylation is 4. The normalized spacial score (nSPS) is 10.4. The molecule has 3 nitrogen and oxygen atoms in total. The van der Waals surface area contributed by atoms with E-state index in [-0.39, 0.29) is 24.8 Å². The van der Waals surface area contributed by atoms with Crippen LogP contribution in [0, 0.1) is 27.7 Å². The van der Waals surface area contributed by atoms with Crippen LogP contribution in [0.1, 0.15) is 27.8 Å². The number of rotatable bonds is 5. The second-order valence-electron chi connectivity index (χ2n) is 7.16. The van der Waals surface area contributed by atoms with Gasteiger partial charge in [-0.1, -0.05) is 23.7 Å². The first-order chi connectivity index (χ1) is 14.8. The summed E-state index contributed by atoms with van der Waals surface area (Å²) in [6.07, 6.45) is 8.01. The Morgan fingerprint density at radius 2 is 1.36 bits per heavy atom. The van der Waals surface area contributed by atoms with Crippen LogP contribution < -0.4 is 0 Å².